The van der Waals surface area contributed by atoms with Crippen LogP contribution in [-0.2, 0) is 11.8 Å². The van der Waals surface area contributed by atoms with Crippen molar-refractivity contribution in [1.82, 2.24) is 9.97 Å². The summed E-state index contributed by atoms with van der Waals surface area (Å²) in [5.41, 5.74) is 6.82. The topological polar surface area (TPSA) is 52.1 Å². The monoisotopic (exact) mass is 468 g/mol. The van der Waals surface area contributed by atoms with E-state index in [0.29, 0.717) is 11.6 Å². The van der Waals surface area contributed by atoms with E-state index in [2.05, 4.69) is 82.2 Å². The van der Waals surface area contributed by atoms with Gasteiger partial charge >= 0.3 is 0 Å². The molecule has 4 heterocycles. The summed E-state index contributed by atoms with van der Waals surface area (Å²) >= 11 is 1.80. The molecule has 0 aliphatic carbocycles. The molecule has 2 aromatic carbocycles. The summed E-state index contributed by atoms with van der Waals surface area (Å²) in [6, 6.07) is 10.9. The molecule has 5 heteroatoms. The van der Waals surface area contributed by atoms with Crippen LogP contribution in [0.5, 0.6) is 0 Å². The number of benzene rings is 2. The number of hydrogen-bond acceptors (Lipinski definition) is 5. The zero-order valence-electron chi connectivity index (χ0n) is 20.4. The van der Waals surface area contributed by atoms with Gasteiger partial charge in [-0.2, -0.15) is 0 Å². The van der Waals surface area contributed by atoms with Gasteiger partial charge < -0.3 is 8.83 Å². The second kappa shape index (κ2) is 7.41. The van der Waals surface area contributed by atoms with Crippen molar-refractivity contribution in [2.24, 2.45) is 5.92 Å². The Morgan fingerprint density at radius 2 is 1.82 bits per heavy atom. The van der Waals surface area contributed by atoms with Crippen molar-refractivity contribution in [2.75, 3.05) is 0 Å². The second-order valence-electron chi connectivity index (χ2n) is 10.7. The first-order chi connectivity index (χ1) is 16.2. The summed E-state index contributed by atoms with van der Waals surface area (Å²) in [5, 5.41) is 6.44. The molecule has 0 saturated carbocycles. The molecule has 34 heavy (non-hydrogen) atoms. The van der Waals surface area contributed by atoms with E-state index in [4.69, 9.17) is 13.8 Å². The van der Waals surface area contributed by atoms with E-state index in [0.717, 1.165) is 56.3 Å². The van der Waals surface area contributed by atoms with Crippen molar-refractivity contribution >= 4 is 54.5 Å². The molecule has 0 unspecified atom stereocenters. The van der Waals surface area contributed by atoms with Crippen molar-refractivity contribution in [1.29, 1.82) is 0 Å². The average molecular weight is 469 g/mol. The van der Waals surface area contributed by atoms with Gasteiger partial charge in [-0.15, -0.1) is 11.3 Å². The lowest BCUT2D eigenvalue weighted by molar-refractivity contribution is 0.496. The number of nitrogens with zero attached hydrogens (tertiary/aromatic N) is 2. The third-order valence-corrected chi connectivity index (χ3v) is 7.62. The lowest BCUT2D eigenvalue weighted by atomic mass is 9.85. The first kappa shape index (κ1) is 21.4. The van der Waals surface area contributed by atoms with Crippen LogP contribution in [0.2, 0.25) is 0 Å². The Morgan fingerprint density at radius 3 is 2.59 bits per heavy atom. The number of hydrogen-bond donors (Lipinski definition) is 0. The molecule has 4 nitrogen and oxygen atoms in total. The minimum atomic E-state index is 0.0244. The zero-order valence-corrected chi connectivity index (χ0v) is 21.3. The van der Waals surface area contributed by atoms with Crippen molar-refractivity contribution in [2.45, 2.75) is 53.4 Å². The fourth-order valence-electron chi connectivity index (χ4n) is 5.00. The molecular formula is C29H28N2O2S. The standard InChI is InChI=1S/C29H28N2O2S/c1-15(2)11-22-16(3)23-21(32-22)8-7-19-24-25(30-14-31-28(24)33-26(19)23)18-12-17-9-10-34-27(17)20(13-18)29(4,5)6/h7-10,12-15H,11H2,1-6H3. The first-order valence-corrected chi connectivity index (χ1v) is 12.7. The number of aromatic nitrogens is 2. The molecule has 0 saturated heterocycles. The Hall–Kier alpha value is -3.18. The molecule has 0 N–H and O–H groups in total. The van der Waals surface area contributed by atoms with Crippen LogP contribution < -0.4 is 0 Å². The average Bonchev–Trinajstić information content (AvgIpc) is 3.47. The van der Waals surface area contributed by atoms with Crippen molar-refractivity contribution in [3.63, 3.8) is 0 Å². The van der Waals surface area contributed by atoms with E-state index in [1.165, 1.54) is 15.6 Å². The Kier molecular flexibility index (Phi) is 4.65. The summed E-state index contributed by atoms with van der Waals surface area (Å²) in [5.74, 6) is 1.55. The highest BCUT2D eigenvalue weighted by Crippen LogP contribution is 2.42. The third-order valence-electron chi connectivity index (χ3n) is 6.65. The highest BCUT2D eigenvalue weighted by Gasteiger charge is 2.23. The molecule has 0 spiro atoms. The molecule has 0 bridgehead atoms. The van der Waals surface area contributed by atoms with E-state index in [-0.39, 0.29) is 5.41 Å². The van der Waals surface area contributed by atoms with Crippen LogP contribution in [0.25, 0.3) is 54.4 Å². The SMILES string of the molecule is Cc1c(CC(C)C)oc2ccc3c(oc4ncnc(-c5cc(C(C)(C)C)c6sccc6c5)c43)c12. The van der Waals surface area contributed by atoms with Gasteiger partial charge in [0.25, 0.3) is 0 Å². The summed E-state index contributed by atoms with van der Waals surface area (Å²) in [6.45, 7) is 13.3. The second-order valence-corrected chi connectivity index (χ2v) is 11.6. The quantitative estimate of drug-likeness (QED) is 0.260. The van der Waals surface area contributed by atoms with E-state index in [1.54, 1.807) is 17.7 Å². The molecule has 0 atom stereocenters. The molecular weight excluding hydrogens is 440 g/mol. The van der Waals surface area contributed by atoms with Crippen molar-refractivity contribution in [3.8, 4) is 11.3 Å². The largest absolute Gasteiger partial charge is 0.461 e. The lowest BCUT2D eigenvalue weighted by Gasteiger charge is -2.21. The summed E-state index contributed by atoms with van der Waals surface area (Å²) < 4.78 is 14.0. The lowest BCUT2D eigenvalue weighted by Crippen LogP contribution is -2.11. The predicted molar refractivity (Wildman–Crippen MR) is 142 cm³/mol. The maximum atomic E-state index is 6.39. The van der Waals surface area contributed by atoms with Gasteiger partial charge in [0.05, 0.1) is 16.5 Å². The molecule has 6 aromatic rings. The van der Waals surface area contributed by atoms with Crippen LogP contribution in [-0.4, -0.2) is 9.97 Å². The molecule has 0 radical (unpaired) electrons. The van der Waals surface area contributed by atoms with Crippen LogP contribution in [0, 0.1) is 12.8 Å². The molecule has 4 aromatic heterocycles. The number of fused-ring (bicyclic) bond motifs is 6. The van der Waals surface area contributed by atoms with Gasteiger partial charge in [0.2, 0.25) is 5.71 Å². The fourth-order valence-corrected chi connectivity index (χ4v) is 6.11. The summed E-state index contributed by atoms with van der Waals surface area (Å²) in [4.78, 5) is 9.28. The predicted octanol–water partition coefficient (Wildman–Crippen LogP) is 8.81. The third kappa shape index (κ3) is 3.17. The summed E-state index contributed by atoms with van der Waals surface area (Å²) in [6.07, 6.45) is 2.52. The van der Waals surface area contributed by atoms with Crippen LogP contribution in [0.3, 0.4) is 0 Å². The Morgan fingerprint density at radius 1 is 1.00 bits per heavy atom. The van der Waals surface area contributed by atoms with Gasteiger partial charge in [-0.05, 0) is 64.9 Å². The van der Waals surface area contributed by atoms with Gasteiger partial charge in [-0.1, -0.05) is 34.6 Å². The smallest absolute Gasteiger partial charge is 0.231 e. The molecule has 0 amide bonds. The zero-order chi connectivity index (χ0) is 23.8. The Bertz CT molecular complexity index is 1710. The van der Waals surface area contributed by atoms with Crippen LogP contribution in [0.4, 0.5) is 0 Å². The van der Waals surface area contributed by atoms with Crippen LogP contribution in [0.15, 0.2) is 50.9 Å². The van der Waals surface area contributed by atoms with E-state index in [9.17, 15) is 0 Å². The number of furan rings is 2. The van der Waals surface area contributed by atoms with Crippen molar-refractivity contribution in [3.05, 3.63) is 58.9 Å². The highest BCUT2D eigenvalue weighted by atomic mass is 32.1. The van der Waals surface area contributed by atoms with Crippen LogP contribution in [0.1, 0.15) is 51.5 Å². The van der Waals surface area contributed by atoms with E-state index < -0.39 is 0 Å². The number of rotatable bonds is 3. The van der Waals surface area contributed by atoms with Gasteiger partial charge in [0.1, 0.15) is 23.3 Å². The number of aryl methyl sites for hydroxylation is 1. The van der Waals surface area contributed by atoms with Gasteiger partial charge in [-0.3, -0.25) is 0 Å². The normalized spacial score (nSPS) is 12.8. The highest BCUT2D eigenvalue weighted by molar-refractivity contribution is 7.17. The van der Waals surface area contributed by atoms with Gasteiger partial charge in [-0.25, -0.2) is 9.97 Å². The maximum Gasteiger partial charge on any atom is 0.231 e. The van der Waals surface area contributed by atoms with E-state index in [1.807, 2.05) is 0 Å². The molecule has 6 rings (SSSR count). The van der Waals surface area contributed by atoms with Crippen molar-refractivity contribution < 1.29 is 8.83 Å². The maximum absolute atomic E-state index is 6.39. The fraction of sp³-hybridized carbons (Fsp3) is 0.310. The first-order valence-electron chi connectivity index (χ1n) is 11.8. The molecule has 0 fully saturated rings. The summed E-state index contributed by atoms with van der Waals surface area (Å²) in [7, 11) is 0. The van der Waals surface area contributed by atoms with Gasteiger partial charge in [0.15, 0.2) is 0 Å². The van der Waals surface area contributed by atoms with Crippen LogP contribution >= 0.6 is 11.3 Å². The Balaban J connectivity index is 1.66. The Labute approximate surface area is 202 Å². The molecule has 0 aliphatic rings. The minimum Gasteiger partial charge on any atom is -0.461 e. The van der Waals surface area contributed by atoms with E-state index >= 15 is 0 Å². The number of thiophene rings is 1. The van der Waals surface area contributed by atoms with Gasteiger partial charge in [0, 0.05) is 27.6 Å². The minimum absolute atomic E-state index is 0.0244. The molecule has 172 valence electrons. The molecule has 0 aliphatic heterocycles.